The number of furan rings is 1. The summed E-state index contributed by atoms with van der Waals surface area (Å²) >= 11 is 0. The SMILES string of the molecule is CC(C(=O)NCc1ccc2c(c1)CNC2)c1cc2ccccc2o1.Cl. The van der Waals surface area contributed by atoms with Gasteiger partial charge in [0.25, 0.3) is 0 Å². The number of halogens is 1. The van der Waals surface area contributed by atoms with Crippen molar-refractivity contribution in [2.75, 3.05) is 0 Å². The van der Waals surface area contributed by atoms with Gasteiger partial charge in [0.2, 0.25) is 5.91 Å². The van der Waals surface area contributed by atoms with Crippen molar-refractivity contribution in [3.05, 3.63) is 71.0 Å². The molecule has 0 radical (unpaired) electrons. The highest BCUT2D eigenvalue weighted by Crippen LogP contribution is 2.25. The summed E-state index contributed by atoms with van der Waals surface area (Å²) in [5.74, 6) is 0.369. The number of hydrogen-bond acceptors (Lipinski definition) is 3. The van der Waals surface area contributed by atoms with Crippen LogP contribution >= 0.6 is 12.4 Å². The van der Waals surface area contributed by atoms with Gasteiger partial charge in [0.05, 0.1) is 5.92 Å². The molecule has 3 aromatic rings. The van der Waals surface area contributed by atoms with Crippen molar-refractivity contribution in [2.45, 2.75) is 32.5 Å². The third-order valence-electron chi connectivity index (χ3n) is 4.63. The van der Waals surface area contributed by atoms with E-state index >= 15 is 0 Å². The second kappa shape index (κ2) is 7.30. The number of amides is 1. The van der Waals surface area contributed by atoms with Crippen molar-refractivity contribution in [3.63, 3.8) is 0 Å². The lowest BCUT2D eigenvalue weighted by atomic mass is 10.1. The van der Waals surface area contributed by atoms with Crippen molar-refractivity contribution >= 4 is 29.3 Å². The molecule has 0 aliphatic carbocycles. The Labute approximate surface area is 153 Å². The van der Waals surface area contributed by atoms with Crippen molar-refractivity contribution in [1.29, 1.82) is 0 Å². The maximum atomic E-state index is 12.4. The molecule has 0 fully saturated rings. The average Bonchev–Trinajstić information content (AvgIpc) is 3.24. The largest absolute Gasteiger partial charge is 0.460 e. The molecule has 0 spiro atoms. The molecule has 1 aliphatic heterocycles. The number of fused-ring (bicyclic) bond motifs is 2. The quantitative estimate of drug-likeness (QED) is 0.746. The molecule has 0 saturated heterocycles. The average molecular weight is 357 g/mol. The fraction of sp³-hybridized carbons (Fsp3) is 0.250. The lowest BCUT2D eigenvalue weighted by Gasteiger charge is -2.11. The number of benzene rings is 2. The van der Waals surface area contributed by atoms with Crippen LogP contribution in [0.25, 0.3) is 11.0 Å². The lowest BCUT2D eigenvalue weighted by Crippen LogP contribution is -2.27. The molecule has 0 bridgehead atoms. The van der Waals surface area contributed by atoms with Crippen LogP contribution in [0.5, 0.6) is 0 Å². The molecular weight excluding hydrogens is 336 g/mol. The Hall–Kier alpha value is -2.30. The van der Waals surface area contributed by atoms with Gasteiger partial charge in [-0.3, -0.25) is 4.79 Å². The minimum Gasteiger partial charge on any atom is -0.460 e. The normalized spacial score (nSPS) is 14.0. The molecule has 1 atom stereocenters. The third kappa shape index (κ3) is 3.55. The van der Waals surface area contributed by atoms with E-state index < -0.39 is 0 Å². The first-order valence-corrected chi connectivity index (χ1v) is 8.28. The Bertz CT molecular complexity index is 871. The number of hydrogen-bond donors (Lipinski definition) is 2. The maximum Gasteiger partial charge on any atom is 0.230 e. The van der Waals surface area contributed by atoms with E-state index in [-0.39, 0.29) is 24.2 Å². The minimum absolute atomic E-state index is 0. The van der Waals surface area contributed by atoms with Crippen LogP contribution in [0.1, 0.15) is 35.3 Å². The van der Waals surface area contributed by atoms with Gasteiger partial charge in [-0.1, -0.05) is 36.4 Å². The Balaban J connectivity index is 0.00000182. The number of carbonyl (C=O) groups is 1. The first kappa shape index (κ1) is 17.5. The molecule has 130 valence electrons. The number of rotatable bonds is 4. The van der Waals surface area contributed by atoms with Crippen LogP contribution in [0, 0.1) is 0 Å². The molecule has 25 heavy (non-hydrogen) atoms. The molecule has 0 saturated carbocycles. The molecule has 4 nitrogen and oxygen atoms in total. The highest BCUT2D eigenvalue weighted by Gasteiger charge is 2.19. The van der Waals surface area contributed by atoms with Gasteiger partial charge in [-0.05, 0) is 35.7 Å². The Morgan fingerprint density at radius 3 is 2.80 bits per heavy atom. The van der Waals surface area contributed by atoms with Gasteiger partial charge >= 0.3 is 0 Å². The van der Waals surface area contributed by atoms with E-state index in [0.29, 0.717) is 12.3 Å². The van der Waals surface area contributed by atoms with Crippen molar-refractivity contribution in [1.82, 2.24) is 10.6 Å². The second-order valence-electron chi connectivity index (χ2n) is 6.33. The summed E-state index contributed by atoms with van der Waals surface area (Å²) in [6, 6.07) is 16.1. The van der Waals surface area contributed by atoms with Crippen LogP contribution in [-0.2, 0) is 24.4 Å². The fourth-order valence-corrected chi connectivity index (χ4v) is 3.15. The molecular formula is C20H21ClN2O2. The first-order valence-electron chi connectivity index (χ1n) is 8.28. The fourth-order valence-electron chi connectivity index (χ4n) is 3.15. The molecule has 2 heterocycles. The van der Waals surface area contributed by atoms with E-state index in [0.717, 1.165) is 29.6 Å². The first-order chi connectivity index (χ1) is 11.7. The van der Waals surface area contributed by atoms with Crippen molar-refractivity contribution in [2.24, 2.45) is 0 Å². The van der Waals surface area contributed by atoms with E-state index in [1.54, 1.807) is 0 Å². The maximum absolute atomic E-state index is 12.4. The minimum atomic E-state index is -0.312. The van der Waals surface area contributed by atoms with Crippen LogP contribution in [0.15, 0.2) is 52.9 Å². The Morgan fingerprint density at radius 2 is 1.96 bits per heavy atom. The second-order valence-corrected chi connectivity index (χ2v) is 6.33. The monoisotopic (exact) mass is 356 g/mol. The van der Waals surface area contributed by atoms with Gasteiger partial charge in [-0.2, -0.15) is 0 Å². The van der Waals surface area contributed by atoms with Crippen LogP contribution < -0.4 is 10.6 Å². The highest BCUT2D eigenvalue weighted by atomic mass is 35.5. The van der Waals surface area contributed by atoms with Crippen molar-refractivity contribution in [3.8, 4) is 0 Å². The van der Waals surface area contributed by atoms with Gasteiger partial charge in [0, 0.05) is 25.0 Å². The predicted molar refractivity (Wildman–Crippen MR) is 101 cm³/mol. The van der Waals surface area contributed by atoms with Gasteiger partial charge < -0.3 is 15.1 Å². The molecule has 5 heteroatoms. The zero-order chi connectivity index (χ0) is 16.5. The third-order valence-corrected chi connectivity index (χ3v) is 4.63. The summed E-state index contributed by atoms with van der Waals surface area (Å²) in [5, 5.41) is 7.37. The predicted octanol–water partition coefficient (Wildman–Crippen LogP) is 3.88. The number of para-hydroxylation sites is 1. The van der Waals surface area contributed by atoms with Crippen LogP contribution in [-0.4, -0.2) is 5.91 Å². The summed E-state index contributed by atoms with van der Waals surface area (Å²) in [6.45, 7) is 4.26. The lowest BCUT2D eigenvalue weighted by molar-refractivity contribution is -0.122. The molecule has 1 aromatic heterocycles. The standard InChI is InChI=1S/C20H20N2O2.ClH/c1-13(19-9-15-4-2-3-5-18(15)24-19)20(23)22-10-14-6-7-16-11-21-12-17(16)8-14;/h2-9,13,21H,10-12H2,1H3,(H,22,23);1H. The van der Waals surface area contributed by atoms with Gasteiger partial charge in [0.1, 0.15) is 11.3 Å². The summed E-state index contributed by atoms with van der Waals surface area (Å²) in [4.78, 5) is 12.4. The molecule has 1 unspecified atom stereocenters. The molecule has 1 amide bonds. The van der Waals surface area contributed by atoms with Crippen molar-refractivity contribution < 1.29 is 9.21 Å². The zero-order valence-electron chi connectivity index (χ0n) is 14.0. The van der Waals surface area contributed by atoms with Crippen LogP contribution in [0.4, 0.5) is 0 Å². The van der Waals surface area contributed by atoms with Crippen LogP contribution in [0.2, 0.25) is 0 Å². The molecule has 1 aliphatic rings. The molecule has 4 rings (SSSR count). The number of nitrogens with one attached hydrogen (secondary N) is 2. The summed E-state index contributed by atoms with van der Waals surface area (Å²) < 4.78 is 5.79. The van der Waals surface area contributed by atoms with Gasteiger partial charge in [0.15, 0.2) is 0 Å². The smallest absolute Gasteiger partial charge is 0.230 e. The van der Waals surface area contributed by atoms with E-state index in [4.69, 9.17) is 4.42 Å². The molecule has 2 aromatic carbocycles. The van der Waals surface area contributed by atoms with E-state index in [2.05, 4.69) is 28.8 Å². The summed E-state index contributed by atoms with van der Waals surface area (Å²) in [5.41, 5.74) is 4.62. The molecule has 2 N–H and O–H groups in total. The topological polar surface area (TPSA) is 54.3 Å². The van der Waals surface area contributed by atoms with E-state index in [1.165, 1.54) is 11.1 Å². The number of carbonyl (C=O) groups excluding carboxylic acids is 1. The Morgan fingerprint density at radius 1 is 1.16 bits per heavy atom. The van der Waals surface area contributed by atoms with Gasteiger partial charge in [-0.25, -0.2) is 0 Å². The van der Waals surface area contributed by atoms with E-state index in [9.17, 15) is 4.79 Å². The Kier molecular flexibility index (Phi) is 5.11. The summed E-state index contributed by atoms with van der Waals surface area (Å²) in [6.07, 6.45) is 0. The van der Waals surface area contributed by atoms with E-state index in [1.807, 2.05) is 37.3 Å². The highest BCUT2D eigenvalue weighted by molar-refractivity contribution is 5.85. The van der Waals surface area contributed by atoms with Crippen LogP contribution in [0.3, 0.4) is 0 Å². The van der Waals surface area contributed by atoms with Gasteiger partial charge in [-0.15, -0.1) is 12.4 Å². The zero-order valence-corrected chi connectivity index (χ0v) is 14.9. The summed E-state index contributed by atoms with van der Waals surface area (Å²) in [7, 11) is 0.